The lowest BCUT2D eigenvalue weighted by atomic mass is 10.5. The molecule has 0 aliphatic heterocycles. The molecule has 0 aliphatic rings. The fraction of sp³-hybridized carbons (Fsp3) is 0.500. The SMILES string of the molecule is O=c1[nH]cnc(NCCOCCO)c1Cl. The van der Waals surface area contributed by atoms with E-state index in [0.717, 1.165) is 0 Å². The molecule has 15 heavy (non-hydrogen) atoms. The van der Waals surface area contributed by atoms with Crippen molar-refractivity contribution in [2.75, 3.05) is 31.7 Å². The van der Waals surface area contributed by atoms with E-state index < -0.39 is 0 Å². The van der Waals surface area contributed by atoms with Crippen LogP contribution in [-0.4, -0.2) is 41.4 Å². The zero-order valence-electron chi connectivity index (χ0n) is 7.99. The topological polar surface area (TPSA) is 87.2 Å². The molecule has 1 aromatic rings. The number of hydrogen-bond donors (Lipinski definition) is 3. The first-order valence-electron chi connectivity index (χ1n) is 4.41. The second-order valence-electron chi connectivity index (χ2n) is 2.66. The summed E-state index contributed by atoms with van der Waals surface area (Å²) in [6, 6.07) is 0. The van der Waals surface area contributed by atoms with Gasteiger partial charge in [-0.05, 0) is 0 Å². The highest BCUT2D eigenvalue weighted by molar-refractivity contribution is 6.32. The van der Waals surface area contributed by atoms with Crippen molar-refractivity contribution < 1.29 is 9.84 Å². The lowest BCUT2D eigenvalue weighted by molar-refractivity contribution is 0.0992. The molecule has 3 N–H and O–H groups in total. The van der Waals surface area contributed by atoms with Gasteiger partial charge in [-0.25, -0.2) is 4.98 Å². The molecule has 0 saturated heterocycles. The molecule has 0 radical (unpaired) electrons. The van der Waals surface area contributed by atoms with Crippen LogP contribution in [0.2, 0.25) is 5.02 Å². The van der Waals surface area contributed by atoms with E-state index in [1.165, 1.54) is 6.33 Å². The molecule has 7 heteroatoms. The zero-order valence-corrected chi connectivity index (χ0v) is 8.75. The number of H-pyrrole nitrogens is 1. The van der Waals surface area contributed by atoms with Crippen LogP contribution in [0.5, 0.6) is 0 Å². The van der Waals surface area contributed by atoms with Gasteiger partial charge in [-0.3, -0.25) is 4.79 Å². The molecule has 1 heterocycles. The molecule has 0 aromatic carbocycles. The molecule has 0 aliphatic carbocycles. The van der Waals surface area contributed by atoms with Gasteiger partial charge in [0.05, 0.1) is 26.1 Å². The second-order valence-corrected chi connectivity index (χ2v) is 3.03. The third kappa shape index (κ3) is 3.86. The largest absolute Gasteiger partial charge is 0.394 e. The van der Waals surface area contributed by atoms with Crippen LogP contribution in [-0.2, 0) is 4.74 Å². The number of nitrogens with zero attached hydrogens (tertiary/aromatic N) is 1. The normalized spacial score (nSPS) is 10.3. The van der Waals surface area contributed by atoms with Crippen molar-refractivity contribution in [3.63, 3.8) is 0 Å². The Balaban J connectivity index is 2.38. The molecule has 0 fully saturated rings. The Bertz CT molecular complexity index is 355. The average Bonchev–Trinajstić information content (AvgIpc) is 2.24. The van der Waals surface area contributed by atoms with Gasteiger partial charge < -0.3 is 20.1 Å². The van der Waals surface area contributed by atoms with Crippen molar-refractivity contribution >= 4 is 17.4 Å². The number of aliphatic hydroxyl groups excluding tert-OH is 1. The minimum absolute atomic E-state index is 0.00991. The number of halogens is 1. The van der Waals surface area contributed by atoms with Crippen molar-refractivity contribution in [3.05, 3.63) is 21.7 Å². The van der Waals surface area contributed by atoms with Crippen LogP contribution >= 0.6 is 11.6 Å². The van der Waals surface area contributed by atoms with Crippen molar-refractivity contribution in [2.45, 2.75) is 0 Å². The third-order valence-electron chi connectivity index (χ3n) is 1.57. The van der Waals surface area contributed by atoms with Crippen molar-refractivity contribution in [1.82, 2.24) is 9.97 Å². The predicted octanol–water partition coefficient (Wildman–Crippen LogP) is -0.156. The molecule has 6 nitrogen and oxygen atoms in total. The number of nitrogens with one attached hydrogen (secondary N) is 2. The van der Waals surface area contributed by atoms with E-state index >= 15 is 0 Å². The number of aromatic nitrogens is 2. The Morgan fingerprint density at radius 3 is 3.13 bits per heavy atom. The van der Waals surface area contributed by atoms with E-state index in [-0.39, 0.29) is 23.8 Å². The van der Waals surface area contributed by atoms with E-state index in [1.54, 1.807) is 0 Å². The van der Waals surface area contributed by atoms with Crippen LogP contribution in [0, 0.1) is 0 Å². The molecule has 0 saturated carbocycles. The molecule has 0 amide bonds. The van der Waals surface area contributed by atoms with Crippen molar-refractivity contribution in [2.24, 2.45) is 0 Å². The summed E-state index contributed by atoms with van der Waals surface area (Å²) >= 11 is 5.68. The number of ether oxygens (including phenoxy) is 1. The lowest BCUT2D eigenvalue weighted by Crippen LogP contribution is -2.16. The van der Waals surface area contributed by atoms with E-state index in [2.05, 4.69) is 15.3 Å². The first-order valence-corrected chi connectivity index (χ1v) is 4.79. The number of aliphatic hydroxyl groups is 1. The number of hydrogen-bond acceptors (Lipinski definition) is 5. The van der Waals surface area contributed by atoms with Crippen LogP contribution < -0.4 is 10.9 Å². The van der Waals surface area contributed by atoms with E-state index in [9.17, 15) is 4.79 Å². The molecule has 0 unspecified atom stereocenters. The second kappa shape index (κ2) is 6.39. The Labute approximate surface area is 91.3 Å². The number of aromatic amines is 1. The maximum atomic E-state index is 11.0. The summed E-state index contributed by atoms with van der Waals surface area (Å²) in [6.45, 7) is 1.16. The highest BCUT2D eigenvalue weighted by Crippen LogP contribution is 2.10. The molecular formula is C8H12ClN3O3. The first kappa shape index (κ1) is 12.0. The fourth-order valence-electron chi connectivity index (χ4n) is 0.914. The number of rotatable bonds is 6. The van der Waals surface area contributed by atoms with Gasteiger partial charge in [0.25, 0.3) is 5.56 Å². The summed E-state index contributed by atoms with van der Waals surface area (Å²) in [6.07, 6.45) is 1.27. The minimum Gasteiger partial charge on any atom is -0.394 e. The summed E-state index contributed by atoms with van der Waals surface area (Å²) < 4.78 is 5.01. The van der Waals surface area contributed by atoms with Gasteiger partial charge in [-0.15, -0.1) is 0 Å². The van der Waals surface area contributed by atoms with E-state index in [0.29, 0.717) is 19.0 Å². The van der Waals surface area contributed by atoms with Gasteiger partial charge in [-0.1, -0.05) is 11.6 Å². The Hall–Kier alpha value is -1.11. The first-order chi connectivity index (χ1) is 7.25. The van der Waals surface area contributed by atoms with Crippen LogP contribution in [0.25, 0.3) is 0 Å². The number of anilines is 1. The summed E-state index contributed by atoms with van der Waals surface area (Å²) in [5.74, 6) is 0.327. The van der Waals surface area contributed by atoms with Gasteiger partial charge in [0.15, 0.2) is 5.82 Å². The monoisotopic (exact) mass is 233 g/mol. The average molecular weight is 234 g/mol. The van der Waals surface area contributed by atoms with Crippen LogP contribution in [0.3, 0.4) is 0 Å². The Kier molecular flexibility index (Phi) is 5.09. The molecule has 1 aromatic heterocycles. The van der Waals surface area contributed by atoms with E-state index in [4.69, 9.17) is 21.4 Å². The highest BCUT2D eigenvalue weighted by atomic mass is 35.5. The molecule has 1 rings (SSSR count). The molecule has 0 spiro atoms. The maximum absolute atomic E-state index is 11.0. The quantitative estimate of drug-likeness (QED) is 0.595. The van der Waals surface area contributed by atoms with Gasteiger partial charge >= 0.3 is 0 Å². The molecule has 0 bridgehead atoms. The van der Waals surface area contributed by atoms with Gasteiger partial charge in [0, 0.05) is 6.54 Å². The Morgan fingerprint density at radius 1 is 1.60 bits per heavy atom. The van der Waals surface area contributed by atoms with Crippen LogP contribution in [0.15, 0.2) is 11.1 Å². The summed E-state index contributed by atoms with van der Waals surface area (Å²) in [7, 11) is 0. The smallest absolute Gasteiger partial charge is 0.271 e. The summed E-state index contributed by atoms with van der Waals surface area (Å²) in [5.41, 5.74) is -0.384. The molecular weight excluding hydrogens is 222 g/mol. The van der Waals surface area contributed by atoms with Crippen molar-refractivity contribution in [3.8, 4) is 0 Å². The molecule has 0 atom stereocenters. The van der Waals surface area contributed by atoms with Gasteiger partial charge in [0.1, 0.15) is 5.02 Å². The van der Waals surface area contributed by atoms with Gasteiger partial charge in [0.2, 0.25) is 0 Å². The summed E-state index contributed by atoms with van der Waals surface area (Å²) in [4.78, 5) is 17.2. The minimum atomic E-state index is -0.384. The van der Waals surface area contributed by atoms with Crippen LogP contribution in [0.4, 0.5) is 5.82 Å². The maximum Gasteiger partial charge on any atom is 0.271 e. The van der Waals surface area contributed by atoms with Crippen molar-refractivity contribution in [1.29, 1.82) is 0 Å². The lowest BCUT2D eigenvalue weighted by Gasteiger charge is -2.06. The zero-order chi connectivity index (χ0) is 11.1. The van der Waals surface area contributed by atoms with E-state index in [1.807, 2.05) is 0 Å². The summed E-state index contributed by atoms with van der Waals surface area (Å²) in [5, 5.41) is 11.3. The fourth-order valence-corrected chi connectivity index (χ4v) is 1.08. The molecule has 84 valence electrons. The standard InChI is InChI=1S/C8H12ClN3O3/c9-6-7(11-5-12-8(6)14)10-1-3-15-4-2-13/h5,13H,1-4H2,(H2,10,11,12,14). The third-order valence-corrected chi connectivity index (χ3v) is 1.92. The highest BCUT2D eigenvalue weighted by Gasteiger charge is 2.03. The predicted molar refractivity (Wildman–Crippen MR) is 56.3 cm³/mol. The van der Waals surface area contributed by atoms with Gasteiger partial charge in [-0.2, -0.15) is 0 Å². The Morgan fingerprint density at radius 2 is 2.40 bits per heavy atom. The van der Waals surface area contributed by atoms with Crippen LogP contribution in [0.1, 0.15) is 0 Å².